The molecule has 4 aliphatic rings. The van der Waals surface area contributed by atoms with E-state index in [2.05, 4.69) is 40.8 Å². The molecule has 3 heterocycles. The molecule has 0 saturated heterocycles. The SMILES string of the molecule is CC1C/C=C/C(c2ncccn2)C2CCC2CN2C[C@@]3(CCCc4cc(Cl)ccc43)COc3ccc(cc32)C(=O)NS(=O)C1C. The molecule has 1 amide bonds. The van der Waals surface area contributed by atoms with E-state index in [1.165, 1.54) is 11.1 Å². The highest BCUT2D eigenvalue weighted by Gasteiger charge is 2.45. The summed E-state index contributed by atoms with van der Waals surface area (Å²) in [5.74, 6) is 2.36. The molecule has 7 nitrogen and oxygen atoms in total. The number of hydrogen-bond acceptors (Lipinski definition) is 6. The van der Waals surface area contributed by atoms with Crippen molar-refractivity contribution in [1.82, 2.24) is 14.7 Å². The van der Waals surface area contributed by atoms with Crippen LogP contribution in [0.5, 0.6) is 5.75 Å². The van der Waals surface area contributed by atoms with Gasteiger partial charge in [-0.05, 0) is 111 Å². The molecule has 2 aromatic carbocycles. The number of carbonyl (C=O) groups excluding carboxylic acids is 1. The van der Waals surface area contributed by atoms with Crippen molar-refractivity contribution in [2.24, 2.45) is 17.8 Å². The molecule has 2 aliphatic carbocycles. The van der Waals surface area contributed by atoms with Crippen molar-refractivity contribution in [1.29, 1.82) is 0 Å². The van der Waals surface area contributed by atoms with Gasteiger partial charge >= 0.3 is 0 Å². The Morgan fingerprint density at radius 3 is 2.76 bits per heavy atom. The van der Waals surface area contributed by atoms with E-state index >= 15 is 0 Å². The number of allylic oxidation sites excluding steroid dienone is 2. The predicted octanol–water partition coefficient (Wildman–Crippen LogP) is 6.79. The van der Waals surface area contributed by atoms with Crippen LogP contribution in [0.4, 0.5) is 5.69 Å². The second-order valence-corrected chi connectivity index (χ2v) is 15.5. The molecular formula is C36H41ClN4O3S. The Hall–Kier alpha value is -3.23. The molecule has 2 aliphatic heterocycles. The lowest BCUT2D eigenvalue weighted by Gasteiger charge is -2.46. The van der Waals surface area contributed by atoms with E-state index in [1.54, 1.807) is 6.07 Å². The molecule has 7 rings (SSSR count). The molecule has 9 heteroatoms. The Bertz CT molecular complexity index is 1630. The fraction of sp³-hybridized carbons (Fsp3) is 0.472. The first kappa shape index (κ1) is 30.4. The Kier molecular flexibility index (Phi) is 8.46. The van der Waals surface area contributed by atoms with E-state index in [1.807, 2.05) is 43.6 Å². The van der Waals surface area contributed by atoms with Crippen molar-refractivity contribution in [3.63, 3.8) is 0 Å². The van der Waals surface area contributed by atoms with E-state index in [4.69, 9.17) is 26.3 Å². The summed E-state index contributed by atoms with van der Waals surface area (Å²) in [6.07, 6.45) is 14.3. The monoisotopic (exact) mass is 644 g/mol. The van der Waals surface area contributed by atoms with Crippen molar-refractivity contribution in [3.05, 3.63) is 94.5 Å². The van der Waals surface area contributed by atoms with Gasteiger partial charge in [0, 0.05) is 47.4 Å². The predicted molar refractivity (Wildman–Crippen MR) is 179 cm³/mol. The number of fused-ring (bicyclic) bond motifs is 4. The number of amides is 1. The number of nitrogens with zero attached hydrogens (tertiary/aromatic N) is 3. The minimum atomic E-state index is -1.53. The molecule has 1 spiro atoms. The summed E-state index contributed by atoms with van der Waals surface area (Å²) in [4.78, 5) is 25.3. The third kappa shape index (κ3) is 5.92. The van der Waals surface area contributed by atoms with Crippen molar-refractivity contribution in [3.8, 4) is 5.75 Å². The normalized spacial score (nSPS) is 32.2. The molecule has 236 valence electrons. The Labute approximate surface area is 273 Å². The van der Waals surface area contributed by atoms with Gasteiger partial charge in [-0.3, -0.25) is 9.52 Å². The summed E-state index contributed by atoms with van der Waals surface area (Å²) < 4.78 is 22.7. The molecule has 2 bridgehead atoms. The van der Waals surface area contributed by atoms with Crippen LogP contribution in [0, 0.1) is 17.8 Å². The maximum Gasteiger partial charge on any atom is 0.263 e. The number of anilines is 1. The van der Waals surface area contributed by atoms with E-state index < -0.39 is 11.0 Å². The van der Waals surface area contributed by atoms with Crippen molar-refractivity contribution in [2.45, 2.75) is 69.0 Å². The summed E-state index contributed by atoms with van der Waals surface area (Å²) in [6.45, 7) is 6.22. The van der Waals surface area contributed by atoms with Crippen LogP contribution in [0.3, 0.4) is 0 Å². The summed E-state index contributed by atoms with van der Waals surface area (Å²) >= 11 is 6.45. The Morgan fingerprint density at radius 1 is 1.11 bits per heavy atom. The second kappa shape index (κ2) is 12.5. The zero-order valence-corrected chi connectivity index (χ0v) is 27.5. The highest BCUT2D eigenvalue weighted by atomic mass is 35.5. The van der Waals surface area contributed by atoms with Crippen LogP contribution in [0.15, 0.2) is 67.0 Å². The molecule has 1 N–H and O–H groups in total. The molecule has 3 aromatic rings. The first-order chi connectivity index (χ1) is 21.8. The Balaban J connectivity index is 1.31. The molecular weight excluding hydrogens is 604 g/mol. The summed E-state index contributed by atoms with van der Waals surface area (Å²) in [5, 5.41) is 0.555. The van der Waals surface area contributed by atoms with E-state index in [-0.39, 0.29) is 28.4 Å². The summed E-state index contributed by atoms with van der Waals surface area (Å²) in [5.41, 5.74) is 3.84. The van der Waals surface area contributed by atoms with Gasteiger partial charge in [-0.15, -0.1) is 0 Å². The largest absolute Gasteiger partial charge is 0.490 e. The lowest BCUT2D eigenvalue weighted by atomic mass is 9.65. The standard InChI is InChI=1S/C36H41ClN4O3S/c1-23-6-3-8-30(34-38-16-5-17-39-34)29-12-9-27(29)20-41-21-36(15-4-7-25-18-28(37)11-13-31(25)36)22-44-33-14-10-26(19-32(33)41)35(42)40-45(43)24(23)2/h3,5,8,10-11,13-14,16-19,23-24,27,29-30H,4,6-7,9,12,15,20-22H2,1-2H3,(H,40,42)/b8-3+/t23?,24?,27?,29?,30?,36-,45?/m0/s1. The van der Waals surface area contributed by atoms with Crippen LogP contribution in [-0.2, 0) is 22.8 Å². The van der Waals surface area contributed by atoms with Crippen LogP contribution in [-0.4, -0.2) is 45.0 Å². The lowest BCUT2D eigenvalue weighted by molar-refractivity contribution is 0.0982. The quantitative estimate of drug-likeness (QED) is 0.294. The number of halogens is 1. The van der Waals surface area contributed by atoms with Gasteiger partial charge in [-0.2, -0.15) is 0 Å². The molecule has 6 unspecified atom stereocenters. The minimum Gasteiger partial charge on any atom is -0.490 e. The van der Waals surface area contributed by atoms with E-state index in [0.29, 0.717) is 24.0 Å². The zero-order valence-electron chi connectivity index (χ0n) is 26.0. The van der Waals surface area contributed by atoms with Crippen molar-refractivity contribution in [2.75, 3.05) is 24.6 Å². The van der Waals surface area contributed by atoms with Crippen LogP contribution in [0.1, 0.15) is 79.2 Å². The van der Waals surface area contributed by atoms with Gasteiger partial charge in [-0.25, -0.2) is 14.2 Å². The van der Waals surface area contributed by atoms with Gasteiger partial charge in [0.05, 0.1) is 17.5 Å². The third-order valence-electron chi connectivity index (χ3n) is 10.8. The topological polar surface area (TPSA) is 84.4 Å². The molecule has 0 radical (unpaired) electrons. The first-order valence-corrected chi connectivity index (χ1v) is 17.9. The van der Waals surface area contributed by atoms with Crippen molar-refractivity contribution < 1.29 is 13.7 Å². The van der Waals surface area contributed by atoms with Gasteiger partial charge in [0.15, 0.2) is 0 Å². The van der Waals surface area contributed by atoms with Gasteiger partial charge < -0.3 is 9.64 Å². The van der Waals surface area contributed by atoms with Gasteiger partial charge in [0.1, 0.15) is 22.6 Å². The third-order valence-corrected chi connectivity index (χ3v) is 12.5. The highest BCUT2D eigenvalue weighted by Crippen LogP contribution is 2.48. The van der Waals surface area contributed by atoms with Crippen molar-refractivity contribution >= 4 is 34.2 Å². The van der Waals surface area contributed by atoms with E-state index in [9.17, 15) is 9.00 Å². The van der Waals surface area contributed by atoms with Gasteiger partial charge in [-0.1, -0.05) is 36.7 Å². The van der Waals surface area contributed by atoms with E-state index in [0.717, 1.165) is 73.9 Å². The first-order valence-electron chi connectivity index (χ1n) is 16.3. The fourth-order valence-electron chi connectivity index (χ4n) is 7.82. The number of benzene rings is 2. The number of rotatable bonds is 1. The van der Waals surface area contributed by atoms with Gasteiger partial charge in [0.25, 0.3) is 5.91 Å². The fourth-order valence-corrected chi connectivity index (χ4v) is 9.04. The van der Waals surface area contributed by atoms with Crippen LogP contribution >= 0.6 is 11.6 Å². The molecule has 1 aromatic heterocycles. The molecule has 1 fully saturated rings. The van der Waals surface area contributed by atoms with Crippen LogP contribution in [0.2, 0.25) is 5.02 Å². The van der Waals surface area contributed by atoms with Crippen LogP contribution < -0.4 is 14.4 Å². The summed E-state index contributed by atoms with van der Waals surface area (Å²) in [6, 6.07) is 13.8. The highest BCUT2D eigenvalue weighted by molar-refractivity contribution is 7.84. The zero-order chi connectivity index (χ0) is 31.1. The maximum absolute atomic E-state index is 13.5. The molecule has 45 heavy (non-hydrogen) atoms. The lowest BCUT2D eigenvalue weighted by Crippen LogP contribution is -2.49. The molecule has 7 atom stereocenters. The van der Waals surface area contributed by atoms with Gasteiger partial charge in [0.2, 0.25) is 0 Å². The second-order valence-electron chi connectivity index (χ2n) is 13.5. The minimum absolute atomic E-state index is 0.103. The average Bonchev–Trinajstić information content (AvgIpc) is 3.18. The average molecular weight is 645 g/mol. The summed E-state index contributed by atoms with van der Waals surface area (Å²) in [7, 11) is -1.53. The maximum atomic E-state index is 13.5. The number of nitrogens with one attached hydrogen (secondary N) is 1. The Morgan fingerprint density at radius 2 is 1.96 bits per heavy atom. The smallest absolute Gasteiger partial charge is 0.263 e. The number of ether oxygens (including phenoxy) is 1. The molecule has 1 saturated carbocycles. The number of hydrogen-bond donors (Lipinski definition) is 1. The van der Waals surface area contributed by atoms with Crippen LogP contribution in [0.25, 0.3) is 0 Å². The number of aromatic nitrogens is 2. The number of carbonyl (C=O) groups is 1. The number of aryl methyl sites for hydroxylation is 1.